The van der Waals surface area contributed by atoms with Crippen LogP contribution in [-0.4, -0.2) is 21.9 Å². The maximum absolute atomic E-state index is 10.5. The van der Waals surface area contributed by atoms with Crippen LogP contribution < -0.4 is 0 Å². The normalized spacial score (nSPS) is 41.2. The van der Waals surface area contributed by atoms with Crippen molar-refractivity contribution in [1.29, 1.82) is 0 Å². The lowest BCUT2D eigenvalue weighted by molar-refractivity contribution is -0.0900. The maximum atomic E-state index is 10.5. The smallest absolute Gasteiger partial charge is 0.0692 e. The topological polar surface area (TPSA) is 40.5 Å². The Bertz CT molecular complexity index is 264. The van der Waals surface area contributed by atoms with Crippen molar-refractivity contribution >= 4 is 0 Å². The van der Waals surface area contributed by atoms with Gasteiger partial charge in [-0.15, -0.1) is 0 Å². The quantitative estimate of drug-likeness (QED) is 0.711. The molecular weight excluding hydrogens is 200 g/mol. The summed E-state index contributed by atoms with van der Waals surface area (Å²) in [6.45, 7) is 10.3. The number of rotatable bonds is 2. The molecule has 1 saturated carbocycles. The van der Waals surface area contributed by atoms with Crippen LogP contribution in [0.1, 0.15) is 47.5 Å². The Morgan fingerprint density at radius 1 is 1.31 bits per heavy atom. The highest BCUT2D eigenvalue weighted by Crippen LogP contribution is 2.50. The van der Waals surface area contributed by atoms with Crippen LogP contribution in [0, 0.1) is 17.3 Å². The predicted molar refractivity (Wildman–Crippen MR) is 67.1 cm³/mol. The van der Waals surface area contributed by atoms with Gasteiger partial charge < -0.3 is 10.2 Å². The molecule has 1 aliphatic rings. The van der Waals surface area contributed by atoms with Crippen LogP contribution in [0.5, 0.6) is 0 Å². The van der Waals surface area contributed by atoms with Crippen LogP contribution in [-0.2, 0) is 0 Å². The van der Waals surface area contributed by atoms with Crippen LogP contribution >= 0.6 is 0 Å². The lowest BCUT2D eigenvalue weighted by Gasteiger charge is -2.50. The third-order valence-electron chi connectivity index (χ3n) is 4.41. The van der Waals surface area contributed by atoms with E-state index < -0.39 is 11.7 Å². The highest BCUT2D eigenvalue weighted by atomic mass is 16.3. The summed E-state index contributed by atoms with van der Waals surface area (Å²) < 4.78 is 0. The highest BCUT2D eigenvalue weighted by Gasteiger charge is 2.47. The molecule has 0 aromatic heterocycles. The van der Waals surface area contributed by atoms with E-state index in [0.29, 0.717) is 5.92 Å². The van der Waals surface area contributed by atoms with Gasteiger partial charge in [-0.25, -0.2) is 0 Å². The van der Waals surface area contributed by atoms with E-state index >= 15 is 0 Å². The first-order valence-electron chi connectivity index (χ1n) is 6.26. The minimum Gasteiger partial charge on any atom is -0.390 e. The molecule has 16 heavy (non-hydrogen) atoms. The van der Waals surface area contributed by atoms with Gasteiger partial charge in [-0.05, 0) is 38.0 Å². The molecule has 1 aliphatic carbocycles. The van der Waals surface area contributed by atoms with Gasteiger partial charge in [-0.2, -0.15) is 0 Å². The first-order chi connectivity index (χ1) is 7.18. The van der Waals surface area contributed by atoms with Gasteiger partial charge in [0, 0.05) is 5.92 Å². The summed E-state index contributed by atoms with van der Waals surface area (Å²) in [5, 5.41) is 19.8. The molecule has 0 unspecified atom stereocenters. The molecule has 2 nitrogen and oxygen atoms in total. The second kappa shape index (κ2) is 4.50. The Labute approximate surface area is 99.4 Å². The summed E-state index contributed by atoms with van der Waals surface area (Å²) in [7, 11) is 0. The molecule has 0 spiro atoms. The van der Waals surface area contributed by atoms with Gasteiger partial charge in [0.2, 0.25) is 0 Å². The Hall–Kier alpha value is -0.340. The molecule has 0 heterocycles. The van der Waals surface area contributed by atoms with Gasteiger partial charge in [-0.1, -0.05) is 32.9 Å². The molecule has 2 N–H and O–H groups in total. The van der Waals surface area contributed by atoms with Gasteiger partial charge in [0.1, 0.15) is 0 Å². The molecule has 1 fully saturated rings. The van der Waals surface area contributed by atoms with E-state index in [1.165, 1.54) is 0 Å². The van der Waals surface area contributed by atoms with Gasteiger partial charge in [0.15, 0.2) is 0 Å². The summed E-state index contributed by atoms with van der Waals surface area (Å²) >= 11 is 0. The first-order valence-corrected chi connectivity index (χ1v) is 6.26. The van der Waals surface area contributed by atoms with Crippen molar-refractivity contribution < 1.29 is 10.2 Å². The fraction of sp³-hybridized carbons (Fsp3) is 0.857. The van der Waals surface area contributed by atoms with Crippen LogP contribution in [0.25, 0.3) is 0 Å². The molecule has 0 aromatic rings. The minimum absolute atomic E-state index is 0.0765. The SMILES string of the molecule is C[C@@H]1CC[C@@](C)(O)[C@H](/C=C/[C@@H](C)O)C1(C)C. The standard InChI is InChI=1S/C14H26O2/c1-10-8-9-14(5,16)12(13(10,3)4)7-6-11(2)15/h6-7,10-12,15-16H,8-9H2,1-5H3/b7-6+/t10-,11-,12-,14-/m1/s1. The van der Waals surface area contributed by atoms with Crippen molar-refractivity contribution in [3.63, 3.8) is 0 Å². The molecule has 1 rings (SSSR count). The molecule has 4 atom stereocenters. The second-order valence-electron chi connectivity index (χ2n) is 6.22. The molecule has 94 valence electrons. The number of hydrogen-bond acceptors (Lipinski definition) is 2. The van der Waals surface area contributed by atoms with Crippen molar-refractivity contribution in [2.24, 2.45) is 17.3 Å². The van der Waals surface area contributed by atoms with Gasteiger partial charge in [0.05, 0.1) is 11.7 Å². The second-order valence-corrected chi connectivity index (χ2v) is 6.22. The fourth-order valence-electron chi connectivity index (χ4n) is 2.87. The van der Waals surface area contributed by atoms with Crippen molar-refractivity contribution in [1.82, 2.24) is 0 Å². The monoisotopic (exact) mass is 226 g/mol. The summed E-state index contributed by atoms with van der Waals surface area (Å²) in [6, 6.07) is 0. The number of aliphatic hydroxyl groups excluding tert-OH is 1. The maximum Gasteiger partial charge on any atom is 0.0692 e. The Morgan fingerprint density at radius 3 is 2.38 bits per heavy atom. The van der Waals surface area contributed by atoms with E-state index in [-0.39, 0.29) is 11.3 Å². The van der Waals surface area contributed by atoms with E-state index in [9.17, 15) is 10.2 Å². The van der Waals surface area contributed by atoms with Gasteiger partial charge in [-0.3, -0.25) is 0 Å². The molecule has 0 amide bonds. The fourth-order valence-corrected chi connectivity index (χ4v) is 2.87. The zero-order chi connectivity index (χ0) is 12.6. The zero-order valence-electron chi connectivity index (χ0n) is 11.2. The minimum atomic E-state index is -0.651. The summed E-state index contributed by atoms with van der Waals surface area (Å²) in [5.74, 6) is 0.703. The van der Waals surface area contributed by atoms with Crippen LogP contribution in [0.3, 0.4) is 0 Å². The predicted octanol–water partition coefficient (Wildman–Crippen LogP) is 2.75. The lowest BCUT2D eigenvalue weighted by atomic mass is 9.57. The van der Waals surface area contributed by atoms with Gasteiger partial charge in [0.25, 0.3) is 0 Å². The van der Waals surface area contributed by atoms with E-state index in [2.05, 4.69) is 20.8 Å². The zero-order valence-corrected chi connectivity index (χ0v) is 11.2. The molecule has 0 radical (unpaired) electrons. The van der Waals surface area contributed by atoms with E-state index in [4.69, 9.17) is 0 Å². The number of aliphatic hydroxyl groups is 2. The first kappa shape index (κ1) is 13.7. The van der Waals surface area contributed by atoms with E-state index in [0.717, 1.165) is 12.8 Å². The average Bonchev–Trinajstić information content (AvgIpc) is 2.11. The Kier molecular flexibility index (Phi) is 3.86. The summed E-state index contributed by atoms with van der Waals surface area (Å²) in [4.78, 5) is 0. The van der Waals surface area contributed by atoms with Crippen molar-refractivity contribution in [2.45, 2.75) is 59.2 Å². The third-order valence-corrected chi connectivity index (χ3v) is 4.41. The molecular formula is C14H26O2. The molecule has 0 saturated heterocycles. The largest absolute Gasteiger partial charge is 0.390 e. The van der Waals surface area contributed by atoms with Gasteiger partial charge >= 0.3 is 0 Å². The van der Waals surface area contributed by atoms with Crippen molar-refractivity contribution in [3.8, 4) is 0 Å². The Morgan fingerprint density at radius 2 is 1.88 bits per heavy atom. The molecule has 0 bridgehead atoms. The average molecular weight is 226 g/mol. The van der Waals surface area contributed by atoms with Crippen LogP contribution in [0.15, 0.2) is 12.2 Å². The number of hydrogen-bond donors (Lipinski definition) is 2. The van der Waals surface area contributed by atoms with E-state index in [1.54, 1.807) is 13.0 Å². The summed E-state index contributed by atoms with van der Waals surface area (Å²) in [6.07, 6.45) is 5.26. The molecule has 2 heteroatoms. The summed E-state index contributed by atoms with van der Waals surface area (Å²) in [5.41, 5.74) is -0.575. The van der Waals surface area contributed by atoms with Crippen LogP contribution in [0.2, 0.25) is 0 Å². The Balaban J connectivity index is 2.96. The highest BCUT2D eigenvalue weighted by molar-refractivity contribution is 5.09. The van der Waals surface area contributed by atoms with Crippen LogP contribution in [0.4, 0.5) is 0 Å². The lowest BCUT2D eigenvalue weighted by Crippen LogP contribution is -2.49. The molecule has 0 aliphatic heterocycles. The van der Waals surface area contributed by atoms with Crippen molar-refractivity contribution in [3.05, 3.63) is 12.2 Å². The van der Waals surface area contributed by atoms with E-state index in [1.807, 2.05) is 13.0 Å². The molecule has 0 aromatic carbocycles. The third kappa shape index (κ3) is 2.67. The van der Waals surface area contributed by atoms with Crippen molar-refractivity contribution in [2.75, 3.05) is 0 Å².